The van der Waals surface area contributed by atoms with Crippen LogP contribution in [0.3, 0.4) is 0 Å². The van der Waals surface area contributed by atoms with Crippen molar-refractivity contribution in [1.29, 1.82) is 0 Å². The SMILES string of the molecule is NC(=O)Oc1cccc2c(N[C@H](CN3CCC3)c3ccc(F)c(C(F)(F)F)c3)ncnc12. The van der Waals surface area contributed by atoms with Crippen LogP contribution in [0.1, 0.15) is 23.6 Å². The predicted molar refractivity (Wildman–Crippen MR) is 109 cm³/mol. The first-order chi connectivity index (χ1) is 15.2. The standard InChI is InChI=1S/C21H19F4N5O2/c22-15-6-5-12(9-14(15)21(23,24)25)16(10-30-7-2-8-30)29-19-13-3-1-4-17(32-20(26)31)18(13)27-11-28-19/h1,3-6,9,11,16H,2,7-8,10H2,(H2,26,31)(H,27,28,29)/t16-/m1/s1. The van der Waals surface area contributed by atoms with Gasteiger partial charge in [0.25, 0.3) is 0 Å². The minimum Gasteiger partial charge on any atom is -0.408 e. The Morgan fingerprint density at radius 3 is 2.66 bits per heavy atom. The molecule has 1 fully saturated rings. The van der Waals surface area contributed by atoms with Crippen LogP contribution in [-0.2, 0) is 6.18 Å². The number of amides is 1. The fourth-order valence-electron chi connectivity index (χ4n) is 3.56. The van der Waals surface area contributed by atoms with Crippen LogP contribution in [0.2, 0.25) is 0 Å². The van der Waals surface area contributed by atoms with Gasteiger partial charge in [-0.1, -0.05) is 12.1 Å². The number of halogens is 4. The number of nitrogens with zero attached hydrogens (tertiary/aromatic N) is 3. The van der Waals surface area contributed by atoms with Crippen LogP contribution in [0.25, 0.3) is 10.9 Å². The summed E-state index contributed by atoms with van der Waals surface area (Å²) < 4.78 is 58.6. The average molecular weight is 449 g/mol. The number of rotatable bonds is 6. The Morgan fingerprint density at radius 1 is 1.22 bits per heavy atom. The molecule has 11 heteroatoms. The van der Waals surface area contributed by atoms with Gasteiger partial charge in [-0.2, -0.15) is 13.2 Å². The Labute approximate surface area is 180 Å². The second-order valence-corrected chi connectivity index (χ2v) is 7.38. The molecule has 1 aliphatic heterocycles. The van der Waals surface area contributed by atoms with Crippen molar-refractivity contribution in [3.8, 4) is 5.75 Å². The minimum absolute atomic E-state index is 0.126. The molecule has 32 heavy (non-hydrogen) atoms. The summed E-state index contributed by atoms with van der Waals surface area (Å²) in [5.41, 5.74) is 4.35. The quantitative estimate of drug-likeness (QED) is 0.551. The number of hydrogen-bond donors (Lipinski definition) is 2. The number of fused-ring (bicyclic) bond motifs is 1. The van der Waals surface area contributed by atoms with E-state index in [1.807, 2.05) is 0 Å². The van der Waals surface area contributed by atoms with Crippen LogP contribution in [0, 0.1) is 5.82 Å². The molecule has 1 atom stereocenters. The number of benzene rings is 2. The molecule has 4 rings (SSSR count). The van der Waals surface area contributed by atoms with Gasteiger partial charge in [0, 0.05) is 11.9 Å². The van der Waals surface area contributed by atoms with Gasteiger partial charge in [-0.25, -0.2) is 19.2 Å². The van der Waals surface area contributed by atoms with E-state index >= 15 is 0 Å². The van der Waals surface area contributed by atoms with Crippen molar-refractivity contribution in [3.05, 3.63) is 59.7 Å². The molecule has 0 aliphatic carbocycles. The molecule has 7 nitrogen and oxygen atoms in total. The lowest BCUT2D eigenvalue weighted by molar-refractivity contribution is -0.140. The number of para-hydroxylation sites is 1. The Bertz CT molecular complexity index is 1150. The highest BCUT2D eigenvalue weighted by Gasteiger charge is 2.35. The number of alkyl halides is 3. The first-order valence-electron chi connectivity index (χ1n) is 9.79. The molecule has 3 N–H and O–H groups in total. The second-order valence-electron chi connectivity index (χ2n) is 7.38. The van der Waals surface area contributed by atoms with Crippen molar-refractivity contribution in [3.63, 3.8) is 0 Å². The van der Waals surface area contributed by atoms with Gasteiger partial charge >= 0.3 is 12.3 Å². The van der Waals surface area contributed by atoms with Crippen LogP contribution in [0.5, 0.6) is 5.75 Å². The first-order valence-corrected chi connectivity index (χ1v) is 9.79. The predicted octanol–water partition coefficient (Wildman–Crippen LogP) is 4.10. The molecule has 2 aromatic carbocycles. The molecule has 3 aromatic rings. The maximum Gasteiger partial charge on any atom is 0.419 e. The molecule has 0 unspecified atom stereocenters. The third-order valence-electron chi connectivity index (χ3n) is 5.24. The van der Waals surface area contributed by atoms with E-state index < -0.39 is 29.7 Å². The zero-order valence-corrected chi connectivity index (χ0v) is 16.7. The van der Waals surface area contributed by atoms with Crippen LogP contribution in [0.15, 0.2) is 42.7 Å². The van der Waals surface area contributed by atoms with Gasteiger partial charge in [0.1, 0.15) is 23.5 Å². The largest absolute Gasteiger partial charge is 0.419 e. The molecular formula is C21H19F4N5O2. The van der Waals surface area contributed by atoms with Crippen molar-refractivity contribution in [2.45, 2.75) is 18.6 Å². The molecule has 168 valence electrons. The molecule has 1 aromatic heterocycles. The number of likely N-dealkylation sites (tertiary alicyclic amines) is 1. The summed E-state index contributed by atoms with van der Waals surface area (Å²) in [4.78, 5) is 21.6. The Balaban J connectivity index is 1.73. The van der Waals surface area contributed by atoms with Gasteiger partial charge in [0.05, 0.1) is 11.6 Å². The zero-order valence-electron chi connectivity index (χ0n) is 16.7. The molecule has 0 spiro atoms. The summed E-state index contributed by atoms with van der Waals surface area (Å²) in [6, 6.07) is 7.15. The normalized spacial score (nSPS) is 15.2. The van der Waals surface area contributed by atoms with Gasteiger partial charge in [-0.15, -0.1) is 0 Å². The van der Waals surface area contributed by atoms with Gasteiger partial charge in [0.2, 0.25) is 0 Å². The average Bonchev–Trinajstić information content (AvgIpc) is 2.69. The highest BCUT2D eigenvalue weighted by molar-refractivity contribution is 5.94. The van der Waals surface area contributed by atoms with E-state index in [1.165, 1.54) is 18.5 Å². The molecule has 1 saturated heterocycles. The highest BCUT2D eigenvalue weighted by atomic mass is 19.4. The lowest BCUT2D eigenvalue weighted by Gasteiger charge is -2.35. The summed E-state index contributed by atoms with van der Waals surface area (Å²) in [6.45, 7) is 2.02. The second kappa shape index (κ2) is 8.58. The lowest BCUT2D eigenvalue weighted by atomic mass is 10.0. The maximum atomic E-state index is 13.8. The number of nitrogens with one attached hydrogen (secondary N) is 1. The van der Waals surface area contributed by atoms with E-state index in [1.54, 1.807) is 12.1 Å². The Hall–Kier alpha value is -3.47. The van der Waals surface area contributed by atoms with Crippen LogP contribution < -0.4 is 15.8 Å². The first kappa shape index (κ1) is 21.8. The van der Waals surface area contributed by atoms with Gasteiger partial charge < -0.3 is 20.7 Å². The lowest BCUT2D eigenvalue weighted by Crippen LogP contribution is -2.41. The van der Waals surface area contributed by atoms with E-state index in [0.717, 1.165) is 31.6 Å². The van der Waals surface area contributed by atoms with E-state index in [-0.39, 0.29) is 11.3 Å². The summed E-state index contributed by atoms with van der Waals surface area (Å²) in [6.07, 6.45) is -3.59. The number of aromatic nitrogens is 2. The smallest absolute Gasteiger partial charge is 0.408 e. The van der Waals surface area contributed by atoms with Crippen molar-refractivity contribution >= 4 is 22.8 Å². The number of nitrogens with two attached hydrogens (primary N) is 1. The fourth-order valence-corrected chi connectivity index (χ4v) is 3.56. The number of anilines is 1. The van der Waals surface area contributed by atoms with E-state index in [2.05, 4.69) is 20.2 Å². The van der Waals surface area contributed by atoms with Crippen LogP contribution in [-0.4, -0.2) is 40.6 Å². The van der Waals surface area contributed by atoms with E-state index in [0.29, 0.717) is 23.3 Å². The monoisotopic (exact) mass is 449 g/mol. The fraction of sp³-hybridized carbons (Fsp3) is 0.286. The topological polar surface area (TPSA) is 93.4 Å². The van der Waals surface area contributed by atoms with Gasteiger partial charge in [-0.3, -0.25) is 0 Å². The third-order valence-corrected chi connectivity index (χ3v) is 5.24. The minimum atomic E-state index is -4.82. The number of ether oxygens (including phenoxy) is 1. The van der Waals surface area contributed by atoms with Crippen molar-refractivity contribution in [2.24, 2.45) is 5.73 Å². The molecule has 0 bridgehead atoms. The Morgan fingerprint density at radius 2 is 2.00 bits per heavy atom. The summed E-state index contributed by atoms with van der Waals surface area (Å²) in [5, 5.41) is 3.65. The molecular weight excluding hydrogens is 430 g/mol. The van der Waals surface area contributed by atoms with E-state index in [4.69, 9.17) is 10.5 Å². The molecule has 1 aliphatic rings. The summed E-state index contributed by atoms with van der Waals surface area (Å²) in [7, 11) is 0. The zero-order chi connectivity index (χ0) is 22.9. The van der Waals surface area contributed by atoms with E-state index in [9.17, 15) is 22.4 Å². The van der Waals surface area contributed by atoms with Crippen LogP contribution in [0.4, 0.5) is 28.2 Å². The molecule has 2 heterocycles. The molecule has 0 saturated carbocycles. The van der Waals surface area contributed by atoms with Gasteiger partial charge in [0.15, 0.2) is 5.75 Å². The number of carbonyl (C=O) groups is 1. The number of hydrogen-bond acceptors (Lipinski definition) is 6. The van der Waals surface area contributed by atoms with Gasteiger partial charge in [-0.05, 0) is 49.3 Å². The highest BCUT2D eigenvalue weighted by Crippen LogP contribution is 2.35. The van der Waals surface area contributed by atoms with Crippen molar-refractivity contribution in [1.82, 2.24) is 14.9 Å². The molecule has 1 amide bonds. The Kier molecular flexibility index (Phi) is 5.83. The van der Waals surface area contributed by atoms with Crippen molar-refractivity contribution < 1.29 is 27.1 Å². The maximum absolute atomic E-state index is 13.8. The summed E-state index contributed by atoms with van der Waals surface area (Å²) in [5.74, 6) is -0.876. The summed E-state index contributed by atoms with van der Waals surface area (Å²) >= 11 is 0. The van der Waals surface area contributed by atoms with Crippen LogP contribution >= 0.6 is 0 Å². The molecule has 0 radical (unpaired) electrons. The number of primary amides is 1. The number of carbonyl (C=O) groups excluding carboxylic acids is 1. The van der Waals surface area contributed by atoms with Crippen molar-refractivity contribution in [2.75, 3.05) is 25.0 Å². The third kappa shape index (κ3) is 4.57.